The number of hydrogen-bond donors (Lipinski definition) is 1. The van der Waals surface area contributed by atoms with Crippen molar-refractivity contribution in [1.29, 1.82) is 5.41 Å². The van der Waals surface area contributed by atoms with Gasteiger partial charge in [-0.15, -0.1) is 0 Å². The van der Waals surface area contributed by atoms with Crippen LogP contribution in [-0.2, 0) is 0 Å². The number of nitrogens with zero attached hydrogens (tertiary/aromatic N) is 1. The van der Waals surface area contributed by atoms with E-state index in [1.165, 1.54) is 6.07 Å². The molecule has 0 bridgehead atoms. The van der Waals surface area contributed by atoms with Crippen molar-refractivity contribution in [2.75, 3.05) is 11.4 Å². The van der Waals surface area contributed by atoms with Crippen molar-refractivity contribution in [3.63, 3.8) is 0 Å². The van der Waals surface area contributed by atoms with Crippen molar-refractivity contribution in [2.24, 2.45) is 0 Å². The Labute approximate surface area is 96.7 Å². The quantitative estimate of drug-likeness (QED) is 0.831. The third-order valence-electron chi connectivity index (χ3n) is 2.65. The zero-order valence-electron chi connectivity index (χ0n) is 8.48. The smallest absolute Gasteiger partial charge is 0.137 e. The molecule has 0 atom stereocenters. The van der Waals surface area contributed by atoms with Gasteiger partial charge in [-0.2, -0.15) is 0 Å². The Balaban J connectivity index is 2.43. The van der Waals surface area contributed by atoms with Crippen LogP contribution in [0.4, 0.5) is 10.1 Å². The average molecular weight is 271 g/mol. The molecule has 0 aliphatic carbocycles. The van der Waals surface area contributed by atoms with Gasteiger partial charge in [0.25, 0.3) is 0 Å². The van der Waals surface area contributed by atoms with E-state index in [0.29, 0.717) is 10.3 Å². The first-order chi connectivity index (χ1) is 7.09. The molecule has 1 aliphatic rings. The summed E-state index contributed by atoms with van der Waals surface area (Å²) >= 11 is 3.18. The van der Waals surface area contributed by atoms with Crippen LogP contribution in [0.1, 0.15) is 18.4 Å². The Kier molecular flexibility index (Phi) is 2.78. The van der Waals surface area contributed by atoms with Gasteiger partial charge in [-0.3, -0.25) is 5.41 Å². The number of anilines is 1. The second-order valence-electron chi connectivity index (χ2n) is 3.75. The number of halogens is 2. The van der Waals surface area contributed by atoms with Gasteiger partial charge in [0.15, 0.2) is 0 Å². The maximum absolute atomic E-state index is 13.2. The van der Waals surface area contributed by atoms with Crippen LogP contribution in [0.15, 0.2) is 16.6 Å². The molecule has 4 heteroatoms. The van der Waals surface area contributed by atoms with Crippen LogP contribution in [0.5, 0.6) is 0 Å². The van der Waals surface area contributed by atoms with E-state index >= 15 is 0 Å². The highest BCUT2D eigenvalue weighted by Crippen LogP contribution is 2.30. The van der Waals surface area contributed by atoms with Crippen LogP contribution in [0.25, 0.3) is 0 Å². The summed E-state index contributed by atoms with van der Waals surface area (Å²) in [5.74, 6) is 0.374. The van der Waals surface area contributed by atoms with Crippen LogP contribution < -0.4 is 4.90 Å². The predicted molar refractivity (Wildman–Crippen MR) is 63.1 cm³/mol. The fraction of sp³-hybridized carbons (Fsp3) is 0.364. The minimum Gasteiger partial charge on any atom is -0.330 e. The number of amidine groups is 1. The van der Waals surface area contributed by atoms with E-state index in [-0.39, 0.29) is 5.82 Å². The lowest BCUT2D eigenvalue weighted by Crippen LogP contribution is -2.24. The van der Waals surface area contributed by atoms with Gasteiger partial charge < -0.3 is 4.90 Å². The Morgan fingerprint density at radius 1 is 1.47 bits per heavy atom. The van der Waals surface area contributed by atoms with E-state index in [0.717, 1.165) is 30.6 Å². The summed E-state index contributed by atoms with van der Waals surface area (Å²) in [5, 5.41) is 7.78. The average Bonchev–Trinajstić information content (AvgIpc) is 2.58. The summed E-state index contributed by atoms with van der Waals surface area (Å²) in [6.07, 6.45) is 1.82. The number of rotatable bonds is 1. The summed E-state index contributed by atoms with van der Waals surface area (Å²) in [4.78, 5) is 1.94. The zero-order valence-corrected chi connectivity index (χ0v) is 10.1. The Morgan fingerprint density at radius 2 is 2.20 bits per heavy atom. The van der Waals surface area contributed by atoms with Crippen LogP contribution >= 0.6 is 15.9 Å². The second-order valence-corrected chi connectivity index (χ2v) is 4.61. The van der Waals surface area contributed by atoms with Gasteiger partial charge in [0.2, 0.25) is 0 Å². The maximum Gasteiger partial charge on any atom is 0.137 e. The van der Waals surface area contributed by atoms with Gasteiger partial charge in [-0.25, -0.2) is 4.39 Å². The van der Waals surface area contributed by atoms with Crippen molar-refractivity contribution >= 4 is 27.5 Å². The molecule has 1 aromatic rings. The summed E-state index contributed by atoms with van der Waals surface area (Å²) < 4.78 is 13.7. The van der Waals surface area contributed by atoms with E-state index in [1.807, 2.05) is 11.8 Å². The summed E-state index contributed by atoms with van der Waals surface area (Å²) in [5.41, 5.74) is 1.81. The molecule has 0 saturated carbocycles. The third kappa shape index (κ3) is 1.91. The number of benzene rings is 1. The highest BCUT2D eigenvalue weighted by molar-refractivity contribution is 9.10. The second kappa shape index (κ2) is 3.93. The third-order valence-corrected chi connectivity index (χ3v) is 3.26. The first-order valence-corrected chi connectivity index (χ1v) is 5.69. The number of aryl methyl sites for hydroxylation is 1. The Hall–Kier alpha value is -0.900. The highest BCUT2D eigenvalue weighted by atomic mass is 79.9. The molecule has 0 aromatic heterocycles. The zero-order chi connectivity index (χ0) is 11.0. The lowest BCUT2D eigenvalue weighted by Gasteiger charge is -2.20. The Bertz CT molecular complexity index is 417. The minimum absolute atomic E-state index is 0.248. The lowest BCUT2D eigenvalue weighted by atomic mass is 10.2. The van der Waals surface area contributed by atoms with Crippen molar-refractivity contribution in [3.05, 3.63) is 28.0 Å². The van der Waals surface area contributed by atoms with Crippen LogP contribution in [-0.4, -0.2) is 12.4 Å². The van der Waals surface area contributed by atoms with E-state index in [2.05, 4.69) is 15.9 Å². The molecular formula is C11H12BrFN2. The molecule has 1 N–H and O–H groups in total. The van der Waals surface area contributed by atoms with Crippen molar-refractivity contribution in [3.8, 4) is 0 Å². The van der Waals surface area contributed by atoms with E-state index in [1.54, 1.807) is 6.07 Å². The summed E-state index contributed by atoms with van der Waals surface area (Å²) in [7, 11) is 0. The minimum atomic E-state index is -0.248. The van der Waals surface area contributed by atoms with Gasteiger partial charge in [0, 0.05) is 18.7 Å². The lowest BCUT2D eigenvalue weighted by molar-refractivity contribution is 0.620. The summed E-state index contributed by atoms with van der Waals surface area (Å²) in [6.45, 7) is 2.73. The van der Waals surface area contributed by atoms with Gasteiger partial charge in [0.05, 0.1) is 4.47 Å². The van der Waals surface area contributed by atoms with Crippen LogP contribution in [0, 0.1) is 18.2 Å². The molecule has 1 heterocycles. The van der Waals surface area contributed by atoms with E-state index in [9.17, 15) is 4.39 Å². The van der Waals surface area contributed by atoms with Gasteiger partial charge in [-0.1, -0.05) is 0 Å². The van der Waals surface area contributed by atoms with Crippen molar-refractivity contribution in [2.45, 2.75) is 19.8 Å². The maximum atomic E-state index is 13.2. The molecule has 1 saturated heterocycles. The Morgan fingerprint density at radius 3 is 2.80 bits per heavy atom. The molecule has 0 radical (unpaired) electrons. The van der Waals surface area contributed by atoms with Crippen LogP contribution in [0.2, 0.25) is 0 Å². The fourth-order valence-electron chi connectivity index (χ4n) is 1.87. The summed E-state index contributed by atoms with van der Waals surface area (Å²) in [6, 6.07) is 3.26. The van der Waals surface area contributed by atoms with Gasteiger partial charge >= 0.3 is 0 Å². The first kappa shape index (κ1) is 10.6. The van der Waals surface area contributed by atoms with Crippen molar-refractivity contribution in [1.82, 2.24) is 0 Å². The van der Waals surface area contributed by atoms with E-state index in [4.69, 9.17) is 5.41 Å². The molecule has 1 fully saturated rings. The molecule has 0 unspecified atom stereocenters. The largest absolute Gasteiger partial charge is 0.330 e. The number of nitrogens with one attached hydrogen (secondary N) is 1. The molecule has 80 valence electrons. The molecule has 0 spiro atoms. The monoisotopic (exact) mass is 270 g/mol. The number of hydrogen-bond acceptors (Lipinski definition) is 1. The van der Waals surface area contributed by atoms with Crippen molar-refractivity contribution < 1.29 is 4.39 Å². The van der Waals surface area contributed by atoms with Crippen LogP contribution in [0.3, 0.4) is 0 Å². The first-order valence-electron chi connectivity index (χ1n) is 4.90. The molecule has 2 rings (SSSR count). The molecular weight excluding hydrogens is 259 g/mol. The van der Waals surface area contributed by atoms with Gasteiger partial charge in [-0.05, 0) is 47.0 Å². The molecule has 0 amide bonds. The normalized spacial score (nSPS) is 16.2. The fourth-order valence-corrected chi connectivity index (χ4v) is 2.20. The highest BCUT2D eigenvalue weighted by Gasteiger charge is 2.20. The molecule has 2 nitrogen and oxygen atoms in total. The van der Waals surface area contributed by atoms with E-state index < -0.39 is 0 Å². The predicted octanol–water partition coefficient (Wildman–Crippen LogP) is 3.47. The molecule has 1 aromatic carbocycles. The molecule has 1 aliphatic heterocycles. The van der Waals surface area contributed by atoms with Gasteiger partial charge in [0.1, 0.15) is 11.7 Å². The standard InChI is InChI=1S/C11H12BrFN2/c1-7-5-9(13)8(12)6-10(7)15-4-2-3-11(15)14/h5-6,14H,2-4H2,1H3. The topological polar surface area (TPSA) is 27.1 Å². The molecule has 15 heavy (non-hydrogen) atoms. The SMILES string of the molecule is Cc1cc(F)c(Br)cc1N1CCCC1=N.